The van der Waals surface area contributed by atoms with E-state index < -0.39 is 0 Å². The Kier molecular flexibility index (Phi) is 4.59. The van der Waals surface area contributed by atoms with Gasteiger partial charge in [-0.3, -0.25) is 0 Å². The Labute approximate surface area is 109 Å². The van der Waals surface area contributed by atoms with E-state index >= 15 is 0 Å². The molecule has 1 aliphatic heterocycles. The molecule has 4 nitrogen and oxygen atoms in total. The molecular formula is C14H22N4. The maximum Gasteiger partial charge on any atom is 0.196 e. The molecule has 1 fully saturated rings. The predicted molar refractivity (Wildman–Crippen MR) is 76.0 cm³/mol. The predicted octanol–water partition coefficient (Wildman–Crippen LogP) is 1.66. The zero-order chi connectivity index (χ0) is 12.8. The SMILES string of the molecule is CN(CCN1CCCC1)C(N)=Nc1ccccc1. The summed E-state index contributed by atoms with van der Waals surface area (Å²) >= 11 is 0. The molecule has 1 heterocycles. The van der Waals surface area contributed by atoms with E-state index in [2.05, 4.69) is 9.89 Å². The number of rotatable bonds is 4. The minimum atomic E-state index is 0.584. The summed E-state index contributed by atoms with van der Waals surface area (Å²) < 4.78 is 0. The second-order valence-electron chi connectivity index (χ2n) is 4.78. The van der Waals surface area contributed by atoms with E-state index in [9.17, 15) is 0 Å². The van der Waals surface area contributed by atoms with Gasteiger partial charge in [0, 0.05) is 20.1 Å². The highest BCUT2D eigenvalue weighted by atomic mass is 15.3. The van der Waals surface area contributed by atoms with E-state index in [0.29, 0.717) is 5.96 Å². The van der Waals surface area contributed by atoms with Gasteiger partial charge in [0.2, 0.25) is 0 Å². The Morgan fingerprint density at radius 1 is 1.28 bits per heavy atom. The fourth-order valence-electron chi connectivity index (χ4n) is 2.13. The zero-order valence-electron chi connectivity index (χ0n) is 11.0. The smallest absolute Gasteiger partial charge is 0.196 e. The maximum absolute atomic E-state index is 5.99. The average Bonchev–Trinajstić information content (AvgIpc) is 2.90. The Balaban J connectivity index is 1.84. The van der Waals surface area contributed by atoms with Crippen LogP contribution in [-0.2, 0) is 0 Å². The molecule has 2 N–H and O–H groups in total. The quantitative estimate of drug-likeness (QED) is 0.649. The first-order valence-electron chi connectivity index (χ1n) is 6.58. The van der Waals surface area contributed by atoms with Crippen molar-refractivity contribution in [3.8, 4) is 0 Å². The van der Waals surface area contributed by atoms with Gasteiger partial charge in [-0.05, 0) is 38.1 Å². The summed E-state index contributed by atoms with van der Waals surface area (Å²) in [5.74, 6) is 0.584. The van der Waals surface area contributed by atoms with Gasteiger partial charge in [0.15, 0.2) is 5.96 Å². The number of para-hydroxylation sites is 1. The molecule has 4 heteroatoms. The van der Waals surface area contributed by atoms with Crippen LogP contribution in [0.25, 0.3) is 0 Å². The lowest BCUT2D eigenvalue weighted by atomic mass is 10.3. The molecular weight excluding hydrogens is 224 g/mol. The first-order chi connectivity index (χ1) is 8.75. The van der Waals surface area contributed by atoms with Crippen molar-refractivity contribution in [3.05, 3.63) is 30.3 Å². The van der Waals surface area contributed by atoms with Crippen LogP contribution in [0.3, 0.4) is 0 Å². The molecule has 1 aliphatic rings. The summed E-state index contributed by atoms with van der Waals surface area (Å²) in [5, 5.41) is 0. The number of nitrogens with zero attached hydrogens (tertiary/aromatic N) is 3. The van der Waals surface area contributed by atoms with Gasteiger partial charge in [-0.15, -0.1) is 0 Å². The van der Waals surface area contributed by atoms with Crippen molar-refractivity contribution in [1.29, 1.82) is 0 Å². The summed E-state index contributed by atoms with van der Waals surface area (Å²) in [6.07, 6.45) is 2.66. The van der Waals surface area contributed by atoms with Crippen molar-refractivity contribution >= 4 is 11.6 Å². The molecule has 2 rings (SSSR count). The van der Waals surface area contributed by atoms with E-state index in [-0.39, 0.29) is 0 Å². The lowest BCUT2D eigenvalue weighted by Gasteiger charge is -2.22. The first-order valence-corrected chi connectivity index (χ1v) is 6.58. The van der Waals surface area contributed by atoms with Crippen LogP contribution in [0.4, 0.5) is 5.69 Å². The second-order valence-corrected chi connectivity index (χ2v) is 4.78. The van der Waals surface area contributed by atoms with Crippen LogP contribution >= 0.6 is 0 Å². The largest absolute Gasteiger partial charge is 0.369 e. The minimum Gasteiger partial charge on any atom is -0.369 e. The van der Waals surface area contributed by atoms with Crippen LogP contribution in [0.1, 0.15) is 12.8 Å². The summed E-state index contributed by atoms with van der Waals surface area (Å²) in [6.45, 7) is 4.46. The van der Waals surface area contributed by atoms with Gasteiger partial charge in [0.25, 0.3) is 0 Å². The van der Waals surface area contributed by atoms with Crippen molar-refractivity contribution in [2.75, 3.05) is 33.2 Å². The van der Waals surface area contributed by atoms with Crippen molar-refractivity contribution in [1.82, 2.24) is 9.80 Å². The van der Waals surface area contributed by atoms with Crippen LogP contribution in [0.2, 0.25) is 0 Å². The molecule has 98 valence electrons. The van der Waals surface area contributed by atoms with Crippen LogP contribution in [0.15, 0.2) is 35.3 Å². The zero-order valence-corrected chi connectivity index (χ0v) is 11.0. The van der Waals surface area contributed by atoms with Crippen molar-refractivity contribution < 1.29 is 0 Å². The molecule has 0 radical (unpaired) electrons. The number of likely N-dealkylation sites (N-methyl/N-ethyl adjacent to an activating group) is 1. The van der Waals surface area contributed by atoms with Gasteiger partial charge in [0.1, 0.15) is 0 Å². The average molecular weight is 246 g/mol. The molecule has 0 saturated carbocycles. The number of guanidine groups is 1. The van der Waals surface area contributed by atoms with Gasteiger partial charge in [0.05, 0.1) is 5.69 Å². The van der Waals surface area contributed by atoms with E-state index in [1.54, 1.807) is 0 Å². The fourth-order valence-corrected chi connectivity index (χ4v) is 2.13. The first kappa shape index (κ1) is 12.9. The minimum absolute atomic E-state index is 0.584. The molecule has 1 aromatic rings. The Morgan fingerprint density at radius 3 is 2.61 bits per heavy atom. The lowest BCUT2D eigenvalue weighted by Crippen LogP contribution is -2.39. The molecule has 0 aromatic heterocycles. The topological polar surface area (TPSA) is 44.9 Å². The van der Waals surface area contributed by atoms with Gasteiger partial charge in [-0.25, -0.2) is 4.99 Å². The van der Waals surface area contributed by atoms with Crippen LogP contribution in [0, 0.1) is 0 Å². The number of aliphatic imine (C=N–C) groups is 1. The van der Waals surface area contributed by atoms with Crippen molar-refractivity contribution in [2.45, 2.75) is 12.8 Å². The third kappa shape index (κ3) is 3.74. The van der Waals surface area contributed by atoms with Crippen molar-refractivity contribution in [3.63, 3.8) is 0 Å². The highest BCUT2D eigenvalue weighted by Gasteiger charge is 2.12. The fraction of sp³-hybridized carbons (Fsp3) is 0.500. The van der Waals surface area contributed by atoms with Crippen LogP contribution in [-0.4, -0.2) is 49.0 Å². The maximum atomic E-state index is 5.99. The molecule has 0 amide bonds. The summed E-state index contributed by atoms with van der Waals surface area (Å²) in [4.78, 5) is 8.90. The summed E-state index contributed by atoms with van der Waals surface area (Å²) in [5.41, 5.74) is 6.90. The number of hydrogen-bond acceptors (Lipinski definition) is 2. The molecule has 18 heavy (non-hydrogen) atoms. The molecule has 0 aliphatic carbocycles. The molecule has 0 spiro atoms. The van der Waals surface area contributed by atoms with Gasteiger partial charge < -0.3 is 15.5 Å². The highest BCUT2D eigenvalue weighted by molar-refractivity contribution is 5.80. The molecule has 0 atom stereocenters. The van der Waals surface area contributed by atoms with Crippen LogP contribution in [0.5, 0.6) is 0 Å². The number of hydrogen-bond donors (Lipinski definition) is 1. The summed E-state index contributed by atoms with van der Waals surface area (Å²) in [7, 11) is 2.00. The number of nitrogens with two attached hydrogens (primary N) is 1. The molecule has 1 saturated heterocycles. The summed E-state index contributed by atoms with van der Waals surface area (Å²) in [6, 6.07) is 9.83. The monoisotopic (exact) mass is 246 g/mol. The third-order valence-corrected chi connectivity index (χ3v) is 3.34. The van der Waals surface area contributed by atoms with E-state index in [4.69, 9.17) is 5.73 Å². The van der Waals surface area contributed by atoms with Gasteiger partial charge in [-0.1, -0.05) is 18.2 Å². The Hall–Kier alpha value is -1.55. The van der Waals surface area contributed by atoms with Crippen LogP contribution < -0.4 is 5.73 Å². The molecule has 0 bridgehead atoms. The second kappa shape index (κ2) is 6.40. The molecule has 1 aromatic carbocycles. The Bertz CT molecular complexity index is 382. The standard InChI is InChI=1S/C14H22N4/c1-17(11-12-18-9-5-6-10-18)14(15)16-13-7-3-2-4-8-13/h2-4,7-8H,5-6,9-12H2,1H3,(H2,15,16). The van der Waals surface area contributed by atoms with E-state index in [1.807, 2.05) is 42.3 Å². The van der Waals surface area contributed by atoms with Crippen molar-refractivity contribution in [2.24, 2.45) is 10.7 Å². The molecule has 0 unspecified atom stereocenters. The number of benzene rings is 1. The van der Waals surface area contributed by atoms with E-state index in [0.717, 1.165) is 18.8 Å². The van der Waals surface area contributed by atoms with E-state index in [1.165, 1.54) is 25.9 Å². The lowest BCUT2D eigenvalue weighted by molar-refractivity contribution is 0.307. The van der Waals surface area contributed by atoms with Gasteiger partial charge in [-0.2, -0.15) is 0 Å². The van der Waals surface area contributed by atoms with Gasteiger partial charge >= 0.3 is 0 Å². The Morgan fingerprint density at radius 2 is 1.94 bits per heavy atom. The normalized spacial score (nSPS) is 17.1. The highest BCUT2D eigenvalue weighted by Crippen LogP contribution is 2.10. The number of likely N-dealkylation sites (tertiary alicyclic amines) is 1. The third-order valence-electron chi connectivity index (χ3n) is 3.34.